The topological polar surface area (TPSA) is 66.5 Å². The number of rotatable bonds is 8. The molecule has 0 saturated carbocycles. The highest BCUT2D eigenvalue weighted by Gasteiger charge is 2.27. The molecule has 0 saturated heterocycles. The summed E-state index contributed by atoms with van der Waals surface area (Å²) in [5, 5.41) is 2.98. The van der Waals surface area contributed by atoms with E-state index < -0.39 is 10.0 Å². The third kappa shape index (κ3) is 6.08. The molecular weight excluding hydrogens is 396 g/mol. The van der Waals surface area contributed by atoms with E-state index in [1.54, 1.807) is 0 Å². The van der Waals surface area contributed by atoms with E-state index in [-0.39, 0.29) is 23.9 Å². The molecule has 1 atom stereocenters. The summed E-state index contributed by atoms with van der Waals surface area (Å²) in [5.41, 5.74) is 4.40. The first-order valence-corrected chi connectivity index (χ1v) is 12.1. The van der Waals surface area contributed by atoms with E-state index in [0.29, 0.717) is 5.69 Å². The van der Waals surface area contributed by atoms with Crippen molar-refractivity contribution in [3.05, 3.63) is 64.7 Å². The molecule has 30 heavy (non-hydrogen) atoms. The van der Waals surface area contributed by atoms with E-state index in [4.69, 9.17) is 0 Å². The summed E-state index contributed by atoms with van der Waals surface area (Å²) in [5.74, 6) is -0.309. The van der Waals surface area contributed by atoms with Gasteiger partial charge < -0.3 is 5.32 Å². The molecule has 164 valence electrons. The molecule has 0 aliphatic carbocycles. The van der Waals surface area contributed by atoms with Crippen molar-refractivity contribution in [2.24, 2.45) is 0 Å². The van der Waals surface area contributed by atoms with Crippen LogP contribution in [0.4, 0.5) is 5.69 Å². The Kier molecular flexibility index (Phi) is 7.35. The lowest BCUT2D eigenvalue weighted by molar-refractivity contribution is -0.120. The van der Waals surface area contributed by atoms with Gasteiger partial charge in [0.25, 0.3) is 0 Å². The van der Waals surface area contributed by atoms with Crippen LogP contribution in [-0.4, -0.2) is 33.2 Å². The lowest BCUT2D eigenvalue weighted by Gasteiger charge is -2.30. The van der Waals surface area contributed by atoms with Crippen LogP contribution in [-0.2, 0) is 20.2 Å². The summed E-state index contributed by atoms with van der Waals surface area (Å²) in [7, 11) is -3.61. The van der Waals surface area contributed by atoms with Crippen molar-refractivity contribution in [1.82, 2.24) is 5.32 Å². The first kappa shape index (κ1) is 23.9. The van der Waals surface area contributed by atoms with Gasteiger partial charge in [0.2, 0.25) is 15.9 Å². The normalized spacial score (nSPS) is 13.0. The Morgan fingerprint density at radius 2 is 1.60 bits per heavy atom. The number of amides is 1. The zero-order chi connectivity index (χ0) is 22.7. The van der Waals surface area contributed by atoms with Gasteiger partial charge >= 0.3 is 0 Å². The highest BCUT2D eigenvalue weighted by Crippen LogP contribution is 2.29. The van der Waals surface area contributed by atoms with E-state index >= 15 is 0 Å². The zero-order valence-corrected chi connectivity index (χ0v) is 19.9. The Morgan fingerprint density at radius 3 is 2.10 bits per heavy atom. The fourth-order valence-corrected chi connectivity index (χ4v) is 5.17. The number of carbonyl (C=O) groups excluding carboxylic acids is 1. The SMILES string of the molecule is Cc1cc(C)c(N(CC(=O)NC(C)CC(C)(C)c2ccccc2)S(C)(=O)=O)c(C)c1. The number of anilines is 1. The maximum atomic E-state index is 12.8. The van der Waals surface area contributed by atoms with Crippen molar-refractivity contribution in [1.29, 1.82) is 0 Å². The van der Waals surface area contributed by atoms with E-state index in [9.17, 15) is 13.2 Å². The van der Waals surface area contributed by atoms with Crippen LogP contribution < -0.4 is 9.62 Å². The van der Waals surface area contributed by atoms with Gasteiger partial charge in [0, 0.05) is 6.04 Å². The van der Waals surface area contributed by atoms with Crippen molar-refractivity contribution in [3.63, 3.8) is 0 Å². The molecule has 0 aliphatic heterocycles. The Hall–Kier alpha value is -2.34. The van der Waals surface area contributed by atoms with E-state index in [1.165, 1.54) is 9.87 Å². The Balaban J connectivity index is 2.16. The molecule has 1 unspecified atom stereocenters. The van der Waals surface area contributed by atoms with Crippen molar-refractivity contribution < 1.29 is 13.2 Å². The third-order valence-corrected chi connectivity index (χ3v) is 6.46. The van der Waals surface area contributed by atoms with Crippen LogP contribution in [0, 0.1) is 20.8 Å². The smallest absolute Gasteiger partial charge is 0.240 e. The van der Waals surface area contributed by atoms with Gasteiger partial charge in [-0.1, -0.05) is 61.9 Å². The number of aryl methyl sites for hydroxylation is 3. The van der Waals surface area contributed by atoms with Gasteiger partial charge in [-0.15, -0.1) is 0 Å². The molecule has 0 radical (unpaired) electrons. The van der Waals surface area contributed by atoms with E-state index in [0.717, 1.165) is 29.4 Å². The maximum Gasteiger partial charge on any atom is 0.240 e. The Labute approximate surface area is 181 Å². The van der Waals surface area contributed by atoms with Crippen LogP contribution in [0.25, 0.3) is 0 Å². The number of hydrogen-bond donors (Lipinski definition) is 1. The van der Waals surface area contributed by atoms with Crippen molar-refractivity contribution >= 4 is 21.6 Å². The molecule has 0 heterocycles. The van der Waals surface area contributed by atoms with Crippen molar-refractivity contribution in [3.8, 4) is 0 Å². The molecule has 0 spiro atoms. The fourth-order valence-electron chi connectivity index (χ4n) is 4.20. The maximum absolute atomic E-state index is 12.8. The number of carbonyl (C=O) groups is 1. The molecule has 0 bridgehead atoms. The lowest BCUT2D eigenvalue weighted by Crippen LogP contribution is -2.45. The lowest BCUT2D eigenvalue weighted by atomic mass is 9.79. The second kappa shape index (κ2) is 9.21. The second-order valence-corrected chi connectivity index (χ2v) is 10.8. The summed E-state index contributed by atoms with van der Waals surface area (Å²) >= 11 is 0. The van der Waals surface area contributed by atoms with Gasteiger partial charge in [-0.05, 0) is 56.2 Å². The summed E-state index contributed by atoms with van der Waals surface area (Å²) in [4.78, 5) is 12.8. The molecule has 6 heteroatoms. The minimum atomic E-state index is -3.61. The predicted octanol–water partition coefficient (Wildman–Crippen LogP) is 4.25. The summed E-state index contributed by atoms with van der Waals surface area (Å²) in [6.07, 6.45) is 1.88. The van der Waals surface area contributed by atoms with Crippen molar-refractivity contribution in [2.45, 2.75) is 59.4 Å². The molecule has 2 aromatic carbocycles. The highest BCUT2D eigenvalue weighted by atomic mass is 32.2. The van der Waals surface area contributed by atoms with Gasteiger partial charge in [0.1, 0.15) is 6.54 Å². The molecule has 0 aromatic heterocycles. The van der Waals surface area contributed by atoms with Crippen LogP contribution in [0.1, 0.15) is 49.4 Å². The van der Waals surface area contributed by atoms with Crippen LogP contribution in [0.3, 0.4) is 0 Å². The monoisotopic (exact) mass is 430 g/mol. The largest absolute Gasteiger partial charge is 0.352 e. The standard InChI is InChI=1S/C24H34N2O3S/c1-17-13-18(2)23(19(3)14-17)26(30(7,28)29)16-22(27)25-20(4)15-24(5,6)21-11-9-8-10-12-21/h8-14,20H,15-16H2,1-7H3,(H,25,27). The van der Waals surface area contributed by atoms with Crippen LogP contribution >= 0.6 is 0 Å². The van der Waals surface area contributed by atoms with Gasteiger partial charge in [-0.25, -0.2) is 8.42 Å². The van der Waals surface area contributed by atoms with Crippen LogP contribution in [0.5, 0.6) is 0 Å². The highest BCUT2D eigenvalue weighted by molar-refractivity contribution is 7.92. The average Bonchev–Trinajstić information content (AvgIpc) is 2.59. The summed E-state index contributed by atoms with van der Waals surface area (Å²) < 4.78 is 26.2. The molecule has 1 N–H and O–H groups in total. The number of sulfonamides is 1. The summed E-state index contributed by atoms with van der Waals surface area (Å²) in [6.45, 7) is 11.7. The van der Waals surface area contributed by atoms with Gasteiger partial charge in [0.05, 0.1) is 11.9 Å². The van der Waals surface area contributed by atoms with Gasteiger partial charge in [-0.2, -0.15) is 0 Å². The number of benzene rings is 2. The number of nitrogens with one attached hydrogen (secondary N) is 1. The average molecular weight is 431 g/mol. The minimum Gasteiger partial charge on any atom is -0.352 e. The molecule has 0 fully saturated rings. The second-order valence-electron chi connectivity index (χ2n) is 8.94. The fraction of sp³-hybridized carbons (Fsp3) is 0.458. The Morgan fingerprint density at radius 1 is 1.07 bits per heavy atom. The number of hydrogen-bond acceptors (Lipinski definition) is 3. The summed E-state index contributed by atoms with van der Waals surface area (Å²) in [6, 6.07) is 13.9. The van der Waals surface area contributed by atoms with Crippen molar-refractivity contribution in [2.75, 3.05) is 17.1 Å². The van der Waals surface area contributed by atoms with Gasteiger partial charge in [-0.3, -0.25) is 9.10 Å². The van der Waals surface area contributed by atoms with E-state index in [2.05, 4.69) is 31.3 Å². The predicted molar refractivity (Wildman–Crippen MR) is 125 cm³/mol. The van der Waals surface area contributed by atoms with Crippen LogP contribution in [0.2, 0.25) is 0 Å². The molecular formula is C24H34N2O3S. The number of nitrogens with zero attached hydrogens (tertiary/aromatic N) is 1. The third-order valence-electron chi connectivity index (χ3n) is 5.35. The minimum absolute atomic E-state index is 0.102. The molecule has 2 aromatic rings. The first-order chi connectivity index (χ1) is 13.8. The Bertz CT molecular complexity index is 975. The molecule has 2 rings (SSSR count). The quantitative estimate of drug-likeness (QED) is 0.681. The van der Waals surface area contributed by atoms with Gasteiger partial charge in [0.15, 0.2) is 0 Å². The molecule has 0 aliphatic rings. The van der Waals surface area contributed by atoms with E-state index in [1.807, 2.05) is 58.0 Å². The first-order valence-electron chi connectivity index (χ1n) is 10.2. The molecule has 5 nitrogen and oxygen atoms in total. The zero-order valence-electron chi connectivity index (χ0n) is 19.1. The molecule has 1 amide bonds. The van der Waals surface area contributed by atoms with Crippen LogP contribution in [0.15, 0.2) is 42.5 Å².